The molecule has 0 spiro atoms. The van der Waals surface area contributed by atoms with Crippen molar-refractivity contribution in [1.82, 2.24) is 15.0 Å². The Bertz CT molecular complexity index is 772. The predicted molar refractivity (Wildman–Crippen MR) is 82.0 cm³/mol. The van der Waals surface area contributed by atoms with E-state index in [1.54, 1.807) is 31.1 Å². The zero-order chi connectivity index (χ0) is 17.0. The summed E-state index contributed by atoms with van der Waals surface area (Å²) < 4.78 is 13.6. The summed E-state index contributed by atoms with van der Waals surface area (Å²) in [5.74, 6) is -2.71. The van der Waals surface area contributed by atoms with Crippen molar-refractivity contribution in [2.24, 2.45) is 0 Å². The Morgan fingerprint density at radius 2 is 2.04 bits per heavy atom. The number of nitriles is 1. The Kier molecular flexibility index (Phi) is 4.66. The highest BCUT2D eigenvalue weighted by Gasteiger charge is 2.25. The molecule has 8 nitrogen and oxygen atoms in total. The highest BCUT2D eigenvalue weighted by atomic mass is 19.1. The second kappa shape index (κ2) is 6.65. The minimum atomic E-state index is -1.35. The van der Waals surface area contributed by atoms with Gasteiger partial charge in [-0.15, -0.1) is 0 Å². The number of rotatable bonds is 4. The van der Waals surface area contributed by atoms with Crippen molar-refractivity contribution in [1.29, 1.82) is 5.26 Å². The monoisotopic (exact) mass is 315 g/mol. The number of nitrogens with one attached hydrogen (secondary N) is 1. The number of amides is 1. The summed E-state index contributed by atoms with van der Waals surface area (Å²) >= 11 is 0. The summed E-state index contributed by atoms with van der Waals surface area (Å²) in [4.78, 5) is 25.5. The fourth-order valence-electron chi connectivity index (χ4n) is 1.73. The Morgan fingerprint density at radius 1 is 1.35 bits per heavy atom. The molecule has 0 radical (unpaired) electrons. The number of nitrogens with two attached hydrogens (primary N) is 1. The zero-order valence-electron chi connectivity index (χ0n) is 12.5. The van der Waals surface area contributed by atoms with E-state index in [0.29, 0.717) is 0 Å². The van der Waals surface area contributed by atoms with E-state index in [4.69, 9.17) is 5.73 Å². The Labute approximate surface area is 131 Å². The summed E-state index contributed by atoms with van der Waals surface area (Å²) in [6.07, 6.45) is 0. The van der Waals surface area contributed by atoms with E-state index in [1.807, 2.05) is 0 Å². The number of aromatic nitrogens is 3. The molecule has 0 fully saturated rings. The SMILES string of the molecule is CN(C)c1nc(N)nc([C@@H](C#N)C(=O)Nc2ccccc2F)n1. The molecule has 0 unspecified atom stereocenters. The second-order valence-corrected chi connectivity index (χ2v) is 4.78. The largest absolute Gasteiger partial charge is 0.368 e. The molecule has 2 aromatic rings. The van der Waals surface area contributed by atoms with Crippen LogP contribution in [-0.4, -0.2) is 35.0 Å². The molecule has 118 valence electrons. The number of benzene rings is 1. The third kappa shape index (κ3) is 3.68. The van der Waals surface area contributed by atoms with Gasteiger partial charge in [0.2, 0.25) is 17.8 Å². The molecule has 0 bridgehead atoms. The molecule has 9 heteroatoms. The molecule has 1 heterocycles. The smallest absolute Gasteiger partial charge is 0.249 e. The van der Waals surface area contributed by atoms with E-state index >= 15 is 0 Å². The summed E-state index contributed by atoms with van der Waals surface area (Å²) in [6, 6.07) is 7.42. The lowest BCUT2D eigenvalue weighted by atomic mass is 10.1. The van der Waals surface area contributed by atoms with Crippen molar-refractivity contribution in [3.63, 3.8) is 0 Å². The predicted octanol–water partition coefficient (Wildman–Crippen LogP) is 0.905. The second-order valence-electron chi connectivity index (χ2n) is 4.78. The number of nitrogen functional groups attached to an aromatic ring is 1. The number of anilines is 3. The molecule has 1 amide bonds. The lowest BCUT2D eigenvalue weighted by molar-refractivity contribution is -0.116. The van der Waals surface area contributed by atoms with Gasteiger partial charge in [0.25, 0.3) is 0 Å². The van der Waals surface area contributed by atoms with Crippen LogP contribution in [0, 0.1) is 17.1 Å². The first-order valence-corrected chi connectivity index (χ1v) is 6.56. The molecule has 23 heavy (non-hydrogen) atoms. The van der Waals surface area contributed by atoms with Crippen molar-refractivity contribution in [3.8, 4) is 6.07 Å². The van der Waals surface area contributed by atoms with Gasteiger partial charge in [0, 0.05) is 14.1 Å². The summed E-state index contributed by atoms with van der Waals surface area (Å²) in [5.41, 5.74) is 5.54. The lowest BCUT2D eigenvalue weighted by Crippen LogP contribution is -2.24. The molecule has 0 aliphatic heterocycles. The van der Waals surface area contributed by atoms with Crippen molar-refractivity contribution in [2.45, 2.75) is 5.92 Å². The van der Waals surface area contributed by atoms with Gasteiger partial charge in [-0.2, -0.15) is 20.2 Å². The topological polar surface area (TPSA) is 121 Å². The minimum absolute atomic E-state index is 0.0346. The molecule has 3 N–H and O–H groups in total. The van der Waals surface area contributed by atoms with Crippen LogP contribution in [0.1, 0.15) is 11.7 Å². The molecule has 1 atom stereocenters. The maximum absolute atomic E-state index is 13.6. The van der Waals surface area contributed by atoms with Gasteiger partial charge in [-0.05, 0) is 12.1 Å². The quantitative estimate of drug-likeness (QED) is 0.859. The number of halogens is 1. The summed E-state index contributed by atoms with van der Waals surface area (Å²) in [5, 5.41) is 11.6. The van der Waals surface area contributed by atoms with Crippen LogP contribution in [0.2, 0.25) is 0 Å². The van der Waals surface area contributed by atoms with Crippen LogP contribution in [-0.2, 0) is 4.79 Å². The van der Waals surface area contributed by atoms with Crippen molar-refractivity contribution >= 4 is 23.5 Å². The van der Waals surface area contributed by atoms with Crippen LogP contribution in [0.5, 0.6) is 0 Å². The average molecular weight is 315 g/mol. The summed E-state index contributed by atoms with van der Waals surface area (Å²) in [7, 11) is 3.36. The third-order valence-corrected chi connectivity index (χ3v) is 2.84. The first-order chi connectivity index (χ1) is 10.9. The molecule has 0 aliphatic rings. The van der Waals surface area contributed by atoms with E-state index in [9.17, 15) is 14.4 Å². The molecule has 1 aromatic carbocycles. The van der Waals surface area contributed by atoms with Crippen LogP contribution < -0.4 is 16.0 Å². The Hall–Kier alpha value is -3.28. The van der Waals surface area contributed by atoms with Crippen LogP contribution >= 0.6 is 0 Å². The van der Waals surface area contributed by atoms with E-state index < -0.39 is 17.6 Å². The maximum Gasteiger partial charge on any atom is 0.249 e. The molecule has 0 saturated carbocycles. The number of para-hydroxylation sites is 1. The molecule has 0 saturated heterocycles. The van der Waals surface area contributed by atoms with Crippen molar-refractivity contribution in [3.05, 3.63) is 35.9 Å². The number of carbonyl (C=O) groups is 1. The summed E-state index contributed by atoms with van der Waals surface area (Å²) in [6.45, 7) is 0. The van der Waals surface area contributed by atoms with Crippen LogP contribution in [0.4, 0.5) is 22.0 Å². The molecule has 2 rings (SSSR count). The van der Waals surface area contributed by atoms with E-state index in [0.717, 1.165) is 0 Å². The average Bonchev–Trinajstić information content (AvgIpc) is 2.49. The van der Waals surface area contributed by atoms with Gasteiger partial charge in [0.1, 0.15) is 5.82 Å². The maximum atomic E-state index is 13.6. The van der Waals surface area contributed by atoms with E-state index in [-0.39, 0.29) is 23.4 Å². The van der Waals surface area contributed by atoms with E-state index in [2.05, 4.69) is 20.3 Å². The van der Waals surface area contributed by atoms with Crippen LogP contribution in [0.3, 0.4) is 0 Å². The van der Waals surface area contributed by atoms with Gasteiger partial charge in [0.05, 0.1) is 11.8 Å². The fraction of sp³-hybridized carbons (Fsp3) is 0.214. The van der Waals surface area contributed by atoms with Gasteiger partial charge in [-0.3, -0.25) is 4.79 Å². The fourth-order valence-corrected chi connectivity index (χ4v) is 1.73. The third-order valence-electron chi connectivity index (χ3n) is 2.84. The van der Waals surface area contributed by atoms with Gasteiger partial charge < -0.3 is 16.0 Å². The number of hydrogen-bond acceptors (Lipinski definition) is 7. The zero-order valence-corrected chi connectivity index (χ0v) is 12.5. The Balaban J connectivity index is 2.31. The normalized spacial score (nSPS) is 11.4. The highest BCUT2D eigenvalue weighted by molar-refractivity contribution is 5.97. The van der Waals surface area contributed by atoms with Crippen LogP contribution in [0.15, 0.2) is 24.3 Å². The first kappa shape index (κ1) is 16.1. The molecular weight excluding hydrogens is 301 g/mol. The van der Waals surface area contributed by atoms with Gasteiger partial charge in [-0.25, -0.2) is 4.39 Å². The standard InChI is InChI=1S/C14H14FN7O/c1-22(2)14-20-11(19-13(17)21-14)8(7-16)12(23)18-10-6-4-3-5-9(10)15/h3-6,8H,1-2H3,(H,18,23)(H2,17,19,20,21)/t8-/m1/s1. The lowest BCUT2D eigenvalue weighted by Gasteiger charge is -2.14. The minimum Gasteiger partial charge on any atom is -0.368 e. The number of carbonyl (C=O) groups excluding carboxylic acids is 1. The van der Waals surface area contributed by atoms with Crippen LogP contribution in [0.25, 0.3) is 0 Å². The molecule has 0 aliphatic carbocycles. The van der Waals surface area contributed by atoms with E-state index in [1.165, 1.54) is 18.2 Å². The van der Waals surface area contributed by atoms with Crippen molar-refractivity contribution < 1.29 is 9.18 Å². The first-order valence-electron chi connectivity index (χ1n) is 6.56. The molecular formula is C14H14FN7O. The number of nitrogens with zero attached hydrogens (tertiary/aromatic N) is 5. The highest BCUT2D eigenvalue weighted by Crippen LogP contribution is 2.19. The van der Waals surface area contributed by atoms with Crippen molar-refractivity contribution in [2.75, 3.05) is 30.0 Å². The molecule has 1 aromatic heterocycles. The van der Waals surface area contributed by atoms with Gasteiger partial charge in [0.15, 0.2) is 11.7 Å². The van der Waals surface area contributed by atoms with Gasteiger partial charge in [-0.1, -0.05) is 12.1 Å². The van der Waals surface area contributed by atoms with Gasteiger partial charge >= 0.3 is 0 Å². The number of hydrogen-bond donors (Lipinski definition) is 2. The Morgan fingerprint density at radius 3 is 2.65 bits per heavy atom.